The van der Waals surface area contributed by atoms with E-state index in [1.54, 1.807) is 24.3 Å². The minimum absolute atomic E-state index is 0.00384. The van der Waals surface area contributed by atoms with E-state index in [0.29, 0.717) is 17.8 Å². The molecular weight excluding hydrogens is 332 g/mol. The fourth-order valence-electron chi connectivity index (χ4n) is 2.79. The van der Waals surface area contributed by atoms with Crippen molar-refractivity contribution in [3.63, 3.8) is 0 Å². The smallest absolute Gasteiger partial charge is 0.282 e. The molecular formula is C20H23N2O4+. The minimum atomic E-state index is -0.243. The third kappa shape index (κ3) is 4.03. The molecule has 6 nitrogen and oxygen atoms in total. The first-order valence-electron chi connectivity index (χ1n) is 8.57. The Labute approximate surface area is 152 Å². The van der Waals surface area contributed by atoms with Gasteiger partial charge in [-0.25, -0.2) is 0 Å². The van der Waals surface area contributed by atoms with Gasteiger partial charge in [0.2, 0.25) is 6.79 Å². The van der Waals surface area contributed by atoms with E-state index < -0.39 is 0 Å². The van der Waals surface area contributed by atoms with E-state index >= 15 is 0 Å². The second kappa shape index (κ2) is 7.58. The van der Waals surface area contributed by atoms with Gasteiger partial charge in [-0.05, 0) is 56.3 Å². The predicted molar refractivity (Wildman–Crippen MR) is 97.7 cm³/mol. The number of likely N-dealkylation sites (N-methyl/N-ethyl adjacent to an activating group) is 1. The first kappa shape index (κ1) is 17.9. The first-order valence-corrected chi connectivity index (χ1v) is 8.57. The maximum absolute atomic E-state index is 12.5. The molecule has 0 saturated heterocycles. The Morgan fingerprint density at radius 3 is 2.50 bits per heavy atom. The molecule has 6 heteroatoms. The number of hydrogen-bond donors (Lipinski definition) is 2. The molecule has 0 aliphatic carbocycles. The molecule has 0 spiro atoms. The van der Waals surface area contributed by atoms with Crippen LogP contribution in [0, 0.1) is 0 Å². The molecule has 1 amide bonds. The number of anilines is 1. The summed E-state index contributed by atoms with van der Waals surface area (Å²) in [5.74, 6) is 1.44. The Morgan fingerprint density at radius 2 is 1.81 bits per heavy atom. The van der Waals surface area contributed by atoms with Crippen LogP contribution in [0.5, 0.6) is 11.5 Å². The van der Waals surface area contributed by atoms with Crippen LogP contribution in [0.4, 0.5) is 5.69 Å². The summed E-state index contributed by atoms with van der Waals surface area (Å²) >= 11 is 0. The normalized spacial score (nSPS) is 14.6. The summed E-state index contributed by atoms with van der Waals surface area (Å²) < 4.78 is 10.7. The molecule has 0 fully saturated rings. The maximum Gasteiger partial charge on any atom is 0.282 e. The predicted octanol–water partition coefficient (Wildman–Crippen LogP) is 1.66. The van der Waals surface area contributed by atoms with E-state index in [0.717, 1.165) is 22.0 Å². The summed E-state index contributed by atoms with van der Waals surface area (Å²) in [7, 11) is 1.98. The van der Waals surface area contributed by atoms with Gasteiger partial charge >= 0.3 is 0 Å². The highest BCUT2D eigenvalue weighted by atomic mass is 16.7. The SMILES string of the molecule is CC(=O)c1ccc(NC(=O)[C@H](C)[NH+](C)Cc2ccc3c(c2)OCO3)cc1. The molecule has 3 rings (SSSR count). The number of ether oxygens (including phenoxy) is 2. The van der Waals surface area contributed by atoms with Crippen LogP contribution in [0.15, 0.2) is 42.5 Å². The summed E-state index contributed by atoms with van der Waals surface area (Å²) in [6.45, 7) is 4.35. The van der Waals surface area contributed by atoms with Crippen LogP contribution < -0.4 is 19.7 Å². The van der Waals surface area contributed by atoms with Gasteiger partial charge in [0.25, 0.3) is 5.91 Å². The molecule has 26 heavy (non-hydrogen) atoms. The fourth-order valence-corrected chi connectivity index (χ4v) is 2.79. The lowest BCUT2D eigenvalue weighted by Gasteiger charge is -2.21. The summed E-state index contributed by atoms with van der Waals surface area (Å²) in [5.41, 5.74) is 2.39. The molecule has 0 aromatic heterocycles. The van der Waals surface area contributed by atoms with Crippen LogP contribution >= 0.6 is 0 Å². The fraction of sp³-hybridized carbons (Fsp3) is 0.300. The standard InChI is InChI=1S/C20H22N2O4/c1-13(20(24)21-17-7-5-16(6-8-17)14(2)23)22(3)11-15-4-9-18-19(10-15)26-12-25-18/h4-10,13H,11-12H2,1-3H3,(H,21,24)/p+1/t13-/m0/s1. The van der Waals surface area contributed by atoms with Gasteiger partial charge in [0.15, 0.2) is 23.3 Å². The van der Waals surface area contributed by atoms with Crippen LogP contribution in [-0.4, -0.2) is 31.6 Å². The quantitative estimate of drug-likeness (QED) is 0.774. The number of hydrogen-bond acceptors (Lipinski definition) is 4. The average molecular weight is 355 g/mol. The summed E-state index contributed by atoms with van der Waals surface area (Å²) in [5, 5.41) is 2.90. The highest BCUT2D eigenvalue weighted by Gasteiger charge is 2.23. The number of carbonyl (C=O) groups is 2. The Kier molecular flexibility index (Phi) is 5.23. The Morgan fingerprint density at radius 1 is 1.12 bits per heavy atom. The van der Waals surface area contributed by atoms with E-state index in [4.69, 9.17) is 9.47 Å². The van der Waals surface area contributed by atoms with Gasteiger partial charge in [0.05, 0.1) is 7.05 Å². The Balaban J connectivity index is 1.59. The zero-order chi connectivity index (χ0) is 18.7. The number of nitrogens with one attached hydrogen (secondary N) is 2. The van der Waals surface area contributed by atoms with Crippen molar-refractivity contribution in [3.05, 3.63) is 53.6 Å². The number of amides is 1. The molecule has 1 unspecified atom stereocenters. The second-order valence-electron chi connectivity index (χ2n) is 6.56. The monoisotopic (exact) mass is 355 g/mol. The van der Waals surface area contributed by atoms with E-state index in [1.165, 1.54) is 6.92 Å². The van der Waals surface area contributed by atoms with Crippen LogP contribution in [0.1, 0.15) is 29.8 Å². The summed E-state index contributed by atoms with van der Waals surface area (Å²) in [6, 6.07) is 12.5. The van der Waals surface area contributed by atoms with Crippen molar-refractivity contribution in [1.82, 2.24) is 0 Å². The number of quaternary nitrogens is 1. The number of ketones is 1. The molecule has 0 bridgehead atoms. The number of benzene rings is 2. The van der Waals surface area contributed by atoms with Gasteiger partial charge in [-0.15, -0.1) is 0 Å². The molecule has 136 valence electrons. The molecule has 2 aromatic carbocycles. The van der Waals surface area contributed by atoms with Gasteiger partial charge in [-0.1, -0.05) is 0 Å². The van der Waals surface area contributed by atoms with Crippen molar-refractivity contribution < 1.29 is 24.0 Å². The lowest BCUT2D eigenvalue weighted by atomic mass is 10.1. The van der Waals surface area contributed by atoms with Gasteiger partial charge in [-0.2, -0.15) is 0 Å². The topological polar surface area (TPSA) is 69.1 Å². The van der Waals surface area contributed by atoms with E-state index in [2.05, 4.69) is 5.32 Å². The highest BCUT2D eigenvalue weighted by molar-refractivity contribution is 5.96. The summed E-state index contributed by atoms with van der Waals surface area (Å²) in [4.78, 5) is 24.9. The van der Waals surface area contributed by atoms with Crippen molar-refractivity contribution >= 4 is 17.4 Å². The maximum atomic E-state index is 12.5. The number of fused-ring (bicyclic) bond motifs is 1. The van der Waals surface area contributed by atoms with E-state index in [1.807, 2.05) is 32.2 Å². The number of carbonyl (C=O) groups excluding carboxylic acids is 2. The van der Waals surface area contributed by atoms with E-state index in [9.17, 15) is 9.59 Å². The van der Waals surface area contributed by atoms with Crippen molar-refractivity contribution in [2.45, 2.75) is 26.4 Å². The lowest BCUT2D eigenvalue weighted by molar-refractivity contribution is -0.907. The molecule has 2 atom stereocenters. The van der Waals surface area contributed by atoms with Gasteiger partial charge in [0.1, 0.15) is 6.54 Å². The van der Waals surface area contributed by atoms with Crippen molar-refractivity contribution in [2.24, 2.45) is 0 Å². The van der Waals surface area contributed by atoms with Gasteiger partial charge in [-0.3, -0.25) is 9.59 Å². The third-order valence-electron chi connectivity index (χ3n) is 4.61. The zero-order valence-corrected chi connectivity index (χ0v) is 15.2. The molecule has 0 radical (unpaired) electrons. The molecule has 1 heterocycles. The largest absolute Gasteiger partial charge is 0.454 e. The van der Waals surface area contributed by atoms with Gasteiger partial charge in [0, 0.05) is 16.8 Å². The first-order chi connectivity index (χ1) is 12.4. The van der Waals surface area contributed by atoms with Crippen LogP contribution in [0.25, 0.3) is 0 Å². The third-order valence-corrected chi connectivity index (χ3v) is 4.61. The molecule has 0 saturated carbocycles. The molecule has 2 N–H and O–H groups in total. The van der Waals surface area contributed by atoms with Crippen LogP contribution in [0.2, 0.25) is 0 Å². The minimum Gasteiger partial charge on any atom is -0.454 e. The second-order valence-corrected chi connectivity index (χ2v) is 6.56. The van der Waals surface area contributed by atoms with Crippen molar-refractivity contribution in [2.75, 3.05) is 19.2 Å². The lowest BCUT2D eigenvalue weighted by Crippen LogP contribution is -3.12. The summed E-state index contributed by atoms with van der Waals surface area (Å²) in [6.07, 6.45) is 0. The van der Waals surface area contributed by atoms with Crippen LogP contribution in [0.3, 0.4) is 0 Å². The number of Topliss-reactive ketones (excluding diaryl/α,β-unsaturated/α-hetero) is 1. The average Bonchev–Trinajstić information content (AvgIpc) is 3.09. The van der Waals surface area contributed by atoms with Crippen molar-refractivity contribution in [3.8, 4) is 11.5 Å². The molecule has 1 aliphatic heterocycles. The van der Waals surface area contributed by atoms with Crippen LogP contribution in [-0.2, 0) is 11.3 Å². The highest BCUT2D eigenvalue weighted by Crippen LogP contribution is 2.32. The number of rotatable bonds is 6. The van der Waals surface area contributed by atoms with Gasteiger partial charge < -0.3 is 19.7 Å². The van der Waals surface area contributed by atoms with Crippen molar-refractivity contribution in [1.29, 1.82) is 0 Å². The molecule has 2 aromatic rings. The zero-order valence-electron chi connectivity index (χ0n) is 15.2. The van der Waals surface area contributed by atoms with E-state index in [-0.39, 0.29) is 24.5 Å². The molecule has 1 aliphatic rings. The Hall–Kier alpha value is -2.86. The Bertz CT molecular complexity index is 817.